The van der Waals surface area contributed by atoms with Crippen LogP contribution in [-0.2, 0) is 4.74 Å². The average molecular weight is 370 g/mol. The second-order valence-electron chi connectivity index (χ2n) is 5.04. The summed E-state index contributed by atoms with van der Waals surface area (Å²) in [5.74, 6) is -0.514. The van der Waals surface area contributed by atoms with Gasteiger partial charge in [-0.3, -0.25) is 0 Å². The fraction of sp³-hybridized carbons (Fsp3) is 0.467. The molecule has 1 aromatic rings. The molecule has 0 bridgehead atoms. The number of hydrogen-bond donors (Lipinski definition) is 1. The Labute approximate surface area is 137 Å². The molecule has 22 heavy (non-hydrogen) atoms. The number of carbonyl (C=O) groups excluding carboxylic acids is 1. The first-order chi connectivity index (χ1) is 10.6. The number of nitrogens with zero attached hydrogens (tertiary/aromatic N) is 2. The van der Waals surface area contributed by atoms with Gasteiger partial charge in [-0.2, -0.15) is 5.26 Å². The third-order valence-corrected chi connectivity index (χ3v) is 3.89. The molecule has 1 heterocycles. The molecular weight excluding hydrogens is 353 g/mol. The van der Waals surface area contributed by atoms with Gasteiger partial charge >= 0.3 is 6.03 Å². The van der Waals surface area contributed by atoms with E-state index in [-0.39, 0.29) is 18.2 Å². The standard InChI is InChI=1S/C15H17BrFN3O2/c16-11-4-5-14(13(17)9-11)19-15(21)20(7-2-6-18)10-12-3-1-8-22-12/h4-5,9,12H,1-3,7-8,10H2,(H,19,21). The molecular formula is C15H17BrFN3O2. The Morgan fingerprint density at radius 1 is 1.59 bits per heavy atom. The molecule has 1 aliphatic heterocycles. The quantitative estimate of drug-likeness (QED) is 0.863. The number of nitrogens with one attached hydrogen (secondary N) is 1. The lowest BCUT2D eigenvalue weighted by atomic mass is 10.2. The minimum atomic E-state index is -0.514. The van der Waals surface area contributed by atoms with Crippen molar-refractivity contribution in [2.75, 3.05) is 25.0 Å². The summed E-state index contributed by atoms with van der Waals surface area (Å²) in [6.07, 6.45) is 2.07. The molecule has 1 atom stereocenters. The highest BCUT2D eigenvalue weighted by Gasteiger charge is 2.23. The zero-order chi connectivity index (χ0) is 15.9. The topological polar surface area (TPSA) is 65.4 Å². The van der Waals surface area contributed by atoms with Crippen molar-refractivity contribution < 1.29 is 13.9 Å². The Bertz CT molecular complexity index is 570. The number of carbonyl (C=O) groups is 1. The SMILES string of the molecule is N#CCCN(CC1CCCO1)C(=O)Nc1ccc(Br)cc1F. The number of nitriles is 1. The lowest BCUT2D eigenvalue weighted by molar-refractivity contribution is 0.0841. The number of amides is 2. The van der Waals surface area contributed by atoms with Gasteiger partial charge in [-0.05, 0) is 31.0 Å². The molecule has 0 radical (unpaired) electrons. The number of ether oxygens (including phenoxy) is 1. The highest BCUT2D eigenvalue weighted by molar-refractivity contribution is 9.10. The molecule has 2 rings (SSSR count). The van der Waals surface area contributed by atoms with Crippen molar-refractivity contribution in [3.05, 3.63) is 28.5 Å². The minimum absolute atomic E-state index is 0.0146. The zero-order valence-electron chi connectivity index (χ0n) is 12.0. The van der Waals surface area contributed by atoms with E-state index in [1.807, 2.05) is 6.07 Å². The Hall–Kier alpha value is -1.65. The van der Waals surface area contributed by atoms with Gasteiger partial charge < -0.3 is 15.0 Å². The Morgan fingerprint density at radius 2 is 2.41 bits per heavy atom. The van der Waals surface area contributed by atoms with E-state index in [0.717, 1.165) is 12.8 Å². The lowest BCUT2D eigenvalue weighted by Crippen LogP contribution is -2.40. The first-order valence-corrected chi connectivity index (χ1v) is 7.89. The predicted octanol–water partition coefficient (Wildman–Crippen LogP) is 3.51. The van der Waals surface area contributed by atoms with Crippen LogP contribution in [0.25, 0.3) is 0 Å². The maximum Gasteiger partial charge on any atom is 0.322 e. The Kier molecular flexibility index (Phi) is 6.16. The van der Waals surface area contributed by atoms with Crippen LogP contribution < -0.4 is 5.32 Å². The third kappa shape index (κ3) is 4.68. The molecule has 2 amide bonds. The largest absolute Gasteiger partial charge is 0.376 e. The van der Waals surface area contributed by atoms with Gasteiger partial charge in [0.05, 0.1) is 24.3 Å². The van der Waals surface area contributed by atoms with Crippen molar-refractivity contribution in [3.63, 3.8) is 0 Å². The summed E-state index contributed by atoms with van der Waals surface area (Å²) in [5.41, 5.74) is 0.113. The number of rotatable bonds is 5. The van der Waals surface area contributed by atoms with Crippen molar-refractivity contribution >= 4 is 27.6 Å². The maximum atomic E-state index is 13.8. The molecule has 7 heteroatoms. The molecule has 0 spiro atoms. The van der Waals surface area contributed by atoms with Crippen LogP contribution in [0.2, 0.25) is 0 Å². The highest BCUT2D eigenvalue weighted by Crippen LogP contribution is 2.20. The molecule has 0 saturated carbocycles. The minimum Gasteiger partial charge on any atom is -0.376 e. The molecule has 1 N–H and O–H groups in total. The zero-order valence-corrected chi connectivity index (χ0v) is 13.6. The normalized spacial score (nSPS) is 17.0. The molecule has 118 valence electrons. The summed E-state index contributed by atoms with van der Waals surface area (Å²) in [6.45, 7) is 1.39. The summed E-state index contributed by atoms with van der Waals surface area (Å²) >= 11 is 3.17. The van der Waals surface area contributed by atoms with Crippen molar-refractivity contribution in [1.29, 1.82) is 5.26 Å². The summed E-state index contributed by atoms with van der Waals surface area (Å²) in [5, 5.41) is 11.3. The van der Waals surface area contributed by atoms with Gasteiger partial charge in [0.25, 0.3) is 0 Å². The second kappa shape index (κ2) is 8.11. The first-order valence-electron chi connectivity index (χ1n) is 7.09. The molecule has 0 aromatic heterocycles. The van der Waals surface area contributed by atoms with Gasteiger partial charge in [-0.1, -0.05) is 15.9 Å². The van der Waals surface area contributed by atoms with E-state index in [1.165, 1.54) is 17.0 Å². The molecule has 1 unspecified atom stereocenters. The van der Waals surface area contributed by atoms with Crippen molar-refractivity contribution in [2.24, 2.45) is 0 Å². The second-order valence-corrected chi connectivity index (χ2v) is 5.96. The van der Waals surface area contributed by atoms with Gasteiger partial charge in [0.15, 0.2) is 0 Å². The summed E-state index contributed by atoms with van der Waals surface area (Å²) in [4.78, 5) is 13.8. The van der Waals surface area contributed by atoms with E-state index in [0.29, 0.717) is 24.2 Å². The maximum absolute atomic E-state index is 13.8. The first kappa shape index (κ1) is 16.7. The van der Waals surface area contributed by atoms with Crippen LogP contribution in [0.15, 0.2) is 22.7 Å². The van der Waals surface area contributed by atoms with Crippen LogP contribution in [0.3, 0.4) is 0 Å². The smallest absolute Gasteiger partial charge is 0.322 e. The fourth-order valence-electron chi connectivity index (χ4n) is 2.28. The number of benzene rings is 1. The summed E-state index contributed by atoms with van der Waals surface area (Å²) in [7, 11) is 0. The van der Waals surface area contributed by atoms with Crippen LogP contribution in [0.5, 0.6) is 0 Å². The van der Waals surface area contributed by atoms with E-state index in [9.17, 15) is 9.18 Å². The van der Waals surface area contributed by atoms with E-state index >= 15 is 0 Å². The summed E-state index contributed by atoms with van der Waals surface area (Å²) < 4.78 is 19.9. The molecule has 0 aliphatic carbocycles. The van der Waals surface area contributed by atoms with Gasteiger partial charge in [0.2, 0.25) is 0 Å². The Morgan fingerprint density at radius 3 is 3.05 bits per heavy atom. The average Bonchev–Trinajstić information content (AvgIpc) is 2.99. The molecule has 1 saturated heterocycles. The van der Waals surface area contributed by atoms with Crippen molar-refractivity contribution in [1.82, 2.24) is 4.90 Å². The fourth-order valence-corrected chi connectivity index (χ4v) is 2.61. The monoisotopic (exact) mass is 369 g/mol. The van der Waals surface area contributed by atoms with Crippen molar-refractivity contribution in [2.45, 2.75) is 25.4 Å². The van der Waals surface area contributed by atoms with Crippen molar-refractivity contribution in [3.8, 4) is 6.07 Å². The van der Waals surface area contributed by atoms with Gasteiger partial charge in [0.1, 0.15) is 5.82 Å². The number of halogens is 2. The van der Waals surface area contributed by atoms with E-state index in [4.69, 9.17) is 10.00 Å². The molecule has 5 nitrogen and oxygen atoms in total. The lowest BCUT2D eigenvalue weighted by Gasteiger charge is -2.25. The molecule has 1 aliphatic rings. The number of urea groups is 1. The van der Waals surface area contributed by atoms with Gasteiger partial charge in [0, 0.05) is 24.2 Å². The summed E-state index contributed by atoms with van der Waals surface area (Å²) in [6, 6.07) is 6.02. The third-order valence-electron chi connectivity index (χ3n) is 3.40. The number of anilines is 1. The van der Waals surface area contributed by atoms with E-state index < -0.39 is 11.8 Å². The molecule has 1 fully saturated rings. The Balaban J connectivity index is 2.02. The van der Waals surface area contributed by atoms with Crippen LogP contribution >= 0.6 is 15.9 Å². The van der Waals surface area contributed by atoms with Crippen LogP contribution in [0.1, 0.15) is 19.3 Å². The number of hydrogen-bond acceptors (Lipinski definition) is 3. The van der Waals surface area contributed by atoms with E-state index in [2.05, 4.69) is 21.2 Å². The van der Waals surface area contributed by atoms with E-state index in [1.54, 1.807) is 6.07 Å². The predicted molar refractivity (Wildman–Crippen MR) is 83.9 cm³/mol. The highest BCUT2D eigenvalue weighted by atomic mass is 79.9. The van der Waals surface area contributed by atoms with Gasteiger partial charge in [-0.25, -0.2) is 9.18 Å². The van der Waals surface area contributed by atoms with Crippen LogP contribution in [-0.4, -0.2) is 36.7 Å². The van der Waals surface area contributed by atoms with Crippen LogP contribution in [0.4, 0.5) is 14.9 Å². The molecule has 1 aromatic carbocycles. The van der Waals surface area contributed by atoms with Crippen LogP contribution in [0, 0.1) is 17.1 Å². The van der Waals surface area contributed by atoms with Gasteiger partial charge in [-0.15, -0.1) is 0 Å².